The van der Waals surface area contributed by atoms with Crippen LogP contribution in [0.5, 0.6) is 0 Å². The zero-order chi connectivity index (χ0) is 25.4. The van der Waals surface area contributed by atoms with Gasteiger partial charge in [0.1, 0.15) is 6.61 Å². The van der Waals surface area contributed by atoms with Crippen molar-refractivity contribution in [3.63, 3.8) is 0 Å². The molecule has 182 valence electrons. The Morgan fingerprint density at radius 2 is 1.33 bits per heavy atom. The van der Waals surface area contributed by atoms with Crippen LogP contribution in [0.15, 0.2) is 127 Å². The van der Waals surface area contributed by atoms with Gasteiger partial charge in [0, 0.05) is 15.6 Å². The van der Waals surface area contributed by atoms with Gasteiger partial charge in [0.15, 0.2) is 0 Å². The van der Waals surface area contributed by atoms with E-state index in [-0.39, 0.29) is 6.61 Å². The quantitative estimate of drug-likeness (QED) is 0.155. The Hall–Kier alpha value is -3.43. The molecule has 0 aliphatic heterocycles. The number of hydrogen-bond acceptors (Lipinski definition) is 3. The molecular weight excluding hydrogens is 489 g/mol. The maximum absolute atomic E-state index is 14.8. The summed E-state index contributed by atoms with van der Waals surface area (Å²) in [5, 5.41) is 5.23. The minimum atomic E-state index is -3.37. The zero-order valence-corrected chi connectivity index (χ0v) is 21.5. The van der Waals surface area contributed by atoms with Gasteiger partial charge < -0.3 is 4.74 Å². The summed E-state index contributed by atoms with van der Waals surface area (Å²) in [6.07, 6.45) is 1.71. The lowest BCUT2D eigenvalue weighted by Gasteiger charge is -2.28. The van der Waals surface area contributed by atoms with Crippen molar-refractivity contribution < 1.29 is 14.1 Å². The first-order chi connectivity index (χ1) is 17.5. The number of esters is 1. The SMILES string of the molecule is C/C=C(\C(=O)OCc1ccccc1)C(NP(=O)(c1ccccc1)c1ccccc1)c1ccc(Cl)cc1. The van der Waals surface area contributed by atoms with E-state index >= 15 is 0 Å². The van der Waals surface area contributed by atoms with E-state index in [9.17, 15) is 9.36 Å². The number of carbonyl (C=O) groups excluding carboxylic acids is 1. The normalized spacial score (nSPS) is 12.7. The van der Waals surface area contributed by atoms with Crippen LogP contribution in [0.25, 0.3) is 0 Å². The van der Waals surface area contributed by atoms with Crippen LogP contribution in [0.2, 0.25) is 5.02 Å². The summed E-state index contributed by atoms with van der Waals surface area (Å²) < 4.78 is 20.4. The van der Waals surface area contributed by atoms with Crippen molar-refractivity contribution in [1.29, 1.82) is 0 Å². The molecule has 4 rings (SSSR count). The van der Waals surface area contributed by atoms with Crippen LogP contribution >= 0.6 is 18.9 Å². The van der Waals surface area contributed by atoms with Gasteiger partial charge in [-0.1, -0.05) is 96.5 Å². The van der Waals surface area contributed by atoms with Crippen LogP contribution in [-0.2, 0) is 20.7 Å². The van der Waals surface area contributed by atoms with Crippen LogP contribution in [-0.4, -0.2) is 5.97 Å². The molecule has 0 aliphatic carbocycles. The van der Waals surface area contributed by atoms with E-state index in [1.54, 1.807) is 25.1 Å². The summed E-state index contributed by atoms with van der Waals surface area (Å²) in [6, 6.07) is 34.5. The molecule has 0 saturated heterocycles. The van der Waals surface area contributed by atoms with Crippen molar-refractivity contribution in [3.8, 4) is 0 Å². The van der Waals surface area contributed by atoms with Gasteiger partial charge in [0.05, 0.1) is 11.6 Å². The second-order valence-corrected chi connectivity index (χ2v) is 11.1. The summed E-state index contributed by atoms with van der Waals surface area (Å²) in [7, 11) is -3.37. The molecular formula is C30H27ClNO3P. The minimum Gasteiger partial charge on any atom is -0.457 e. The van der Waals surface area contributed by atoms with E-state index in [0.29, 0.717) is 21.2 Å². The monoisotopic (exact) mass is 515 g/mol. The third-order valence-electron chi connectivity index (χ3n) is 5.82. The molecule has 0 saturated carbocycles. The van der Waals surface area contributed by atoms with E-state index in [0.717, 1.165) is 11.1 Å². The van der Waals surface area contributed by atoms with Crippen molar-refractivity contribution in [2.24, 2.45) is 0 Å². The number of hydrogen-bond donors (Lipinski definition) is 1. The van der Waals surface area contributed by atoms with Crippen molar-refractivity contribution in [1.82, 2.24) is 5.09 Å². The molecule has 0 heterocycles. The van der Waals surface area contributed by atoms with Gasteiger partial charge in [0.2, 0.25) is 7.29 Å². The zero-order valence-electron chi connectivity index (χ0n) is 19.9. The summed E-state index contributed by atoms with van der Waals surface area (Å²) in [6.45, 7) is 1.92. The second kappa shape index (κ2) is 12.0. The summed E-state index contributed by atoms with van der Waals surface area (Å²) in [5.74, 6) is -0.485. The largest absolute Gasteiger partial charge is 0.457 e. The third-order valence-corrected chi connectivity index (χ3v) is 8.75. The van der Waals surface area contributed by atoms with Gasteiger partial charge in [-0.2, -0.15) is 0 Å². The van der Waals surface area contributed by atoms with Gasteiger partial charge in [-0.15, -0.1) is 0 Å². The maximum Gasteiger partial charge on any atom is 0.335 e. The van der Waals surface area contributed by atoms with Crippen LogP contribution < -0.4 is 15.7 Å². The fourth-order valence-electron chi connectivity index (χ4n) is 3.94. The molecule has 0 spiro atoms. The molecule has 0 aliphatic rings. The first-order valence-corrected chi connectivity index (χ1v) is 13.7. The molecule has 1 atom stereocenters. The predicted molar refractivity (Wildman–Crippen MR) is 147 cm³/mol. The smallest absolute Gasteiger partial charge is 0.335 e. The van der Waals surface area contributed by atoms with Crippen LogP contribution in [0.1, 0.15) is 24.1 Å². The second-order valence-electron chi connectivity index (χ2n) is 8.20. The first kappa shape index (κ1) is 25.7. The molecule has 0 radical (unpaired) electrons. The molecule has 0 aromatic heterocycles. The van der Waals surface area contributed by atoms with Gasteiger partial charge in [-0.05, 0) is 54.4 Å². The Labute approximate surface area is 217 Å². The Morgan fingerprint density at radius 3 is 1.83 bits per heavy atom. The summed E-state index contributed by atoms with van der Waals surface area (Å²) in [5.41, 5.74) is 1.99. The Balaban J connectivity index is 1.74. The predicted octanol–water partition coefficient (Wildman–Crippen LogP) is 6.59. The minimum absolute atomic E-state index is 0.138. The van der Waals surface area contributed by atoms with Gasteiger partial charge in [-0.3, -0.25) is 4.57 Å². The van der Waals surface area contributed by atoms with Crippen molar-refractivity contribution in [2.45, 2.75) is 19.6 Å². The average Bonchev–Trinajstić information content (AvgIpc) is 2.93. The van der Waals surface area contributed by atoms with Crippen LogP contribution in [0.4, 0.5) is 0 Å². The molecule has 4 aromatic rings. The highest BCUT2D eigenvalue weighted by molar-refractivity contribution is 7.76. The van der Waals surface area contributed by atoms with E-state index in [2.05, 4.69) is 5.09 Å². The van der Waals surface area contributed by atoms with E-state index in [1.807, 2.05) is 103 Å². The van der Waals surface area contributed by atoms with Crippen LogP contribution in [0.3, 0.4) is 0 Å². The molecule has 0 bridgehead atoms. The molecule has 0 fully saturated rings. The average molecular weight is 516 g/mol. The van der Waals surface area contributed by atoms with Crippen molar-refractivity contribution in [3.05, 3.63) is 143 Å². The van der Waals surface area contributed by atoms with Gasteiger partial charge in [-0.25, -0.2) is 9.88 Å². The molecule has 0 amide bonds. The van der Waals surface area contributed by atoms with Crippen molar-refractivity contribution >= 4 is 35.5 Å². The lowest BCUT2D eigenvalue weighted by molar-refractivity contribution is -0.140. The maximum atomic E-state index is 14.8. The Morgan fingerprint density at radius 1 is 0.833 bits per heavy atom. The Kier molecular flexibility index (Phi) is 8.56. The molecule has 6 heteroatoms. The Bertz CT molecular complexity index is 1310. The number of halogens is 1. The highest BCUT2D eigenvalue weighted by Crippen LogP contribution is 2.43. The molecule has 1 N–H and O–H groups in total. The molecule has 4 nitrogen and oxygen atoms in total. The van der Waals surface area contributed by atoms with Gasteiger partial charge >= 0.3 is 5.97 Å². The number of benzene rings is 4. The lowest BCUT2D eigenvalue weighted by Crippen LogP contribution is -2.33. The number of carbonyl (C=O) groups is 1. The number of allylic oxidation sites excluding steroid dienone is 1. The lowest BCUT2D eigenvalue weighted by atomic mass is 9.99. The van der Waals surface area contributed by atoms with E-state index < -0.39 is 19.3 Å². The fraction of sp³-hybridized carbons (Fsp3) is 0.100. The topological polar surface area (TPSA) is 55.4 Å². The molecule has 1 unspecified atom stereocenters. The molecule has 36 heavy (non-hydrogen) atoms. The number of nitrogens with one attached hydrogen (secondary N) is 1. The summed E-state index contributed by atoms with van der Waals surface area (Å²) in [4.78, 5) is 13.3. The van der Waals surface area contributed by atoms with E-state index in [4.69, 9.17) is 16.3 Å². The standard InChI is InChI=1S/C30H27ClNO3P/c1-2-28(30(33)35-22-23-12-6-3-7-13-23)29(24-18-20-25(31)21-19-24)32-36(34,26-14-8-4-9-15-26)27-16-10-5-11-17-27/h2-21,29H,22H2,1H3,(H,32,34)/b28-2-. The highest BCUT2D eigenvalue weighted by Gasteiger charge is 2.34. The van der Waals surface area contributed by atoms with Crippen LogP contribution in [0, 0.1) is 0 Å². The fourth-order valence-corrected chi connectivity index (χ4v) is 6.50. The van der Waals surface area contributed by atoms with E-state index in [1.165, 1.54) is 0 Å². The summed E-state index contributed by atoms with van der Waals surface area (Å²) >= 11 is 6.15. The van der Waals surface area contributed by atoms with Crippen molar-refractivity contribution in [2.75, 3.05) is 0 Å². The molecule has 4 aromatic carbocycles. The first-order valence-electron chi connectivity index (χ1n) is 11.6. The number of ether oxygens (including phenoxy) is 1. The third kappa shape index (κ3) is 6.03. The number of rotatable bonds is 9. The van der Waals surface area contributed by atoms with Gasteiger partial charge in [0.25, 0.3) is 0 Å². The highest BCUT2D eigenvalue weighted by atomic mass is 35.5.